The van der Waals surface area contributed by atoms with Gasteiger partial charge in [-0.1, -0.05) is 23.2 Å². The van der Waals surface area contributed by atoms with E-state index in [0.717, 1.165) is 0 Å². The Morgan fingerprint density at radius 1 is 1.00 bits per heavy atom. The lowest BCUT2D eigenvalue weighted by molar-refractivity contribution is -0.122. The van der Waals surface area contributed by atoms with E-state index in [-0.39, 0.29) is 27.6 Å². The fourth-order valence-corrected chi connectivity index (χ4v) is 2.50. The van der Waals surface area contributed by atoms with Gasteiger partial charge in [0.05, 0.1) is 5.02 Å². The van der Waals surface area contributed by atoms with Gasteiger partial charge in [0.2, 0.25) is 11.8 Å². The summed E-state index contributed by atoms with van der Waals surface area (Å²) in [7, 11) is 0. The Morgan fingerprint density at radius 2 is 1.58 bits per heavy atom. The van der Waals surface area contributed by atoms with E-state index in [1.54, 1.807) is 6.07 Å². The first-order valence-electron chi connectivity index (χ1n) is 7.34. The number of anilines is 1. The van der Waals surface area contributed by atoms with E-state index in [9.17, 15) is 14.4 Å². The number of benzene rings is 2. The molecule has 136 valence electrons. The fourth-order valence-electron chi connectivity index (χ4n) is 2.04. The van der Waals surface area contributed by atoms with Crippen LogP contribution in [0.15, 0.2) is 36.4 Å². The maximum atomic E-state index is 12.3. The number of hydrogen-bond donors (Lipinski definition) is 3. The van der Waals surface area contributed by atoms with Crippen LogP contribution in [0.5, 0.6) is 5.75 Å². The number of amides is 3. The predicted molar refractivity (Wildman–Crippen MR) is 98.7 cm³/mol. The van der Waals surface area contributed by atoms with Gasteiger partial charge in [0, 0.05) is 21.8 Å². The van der Waals surface area contributed by atoms with Crippen molar-refractivity contribution in [3.05, 3.63) is 57.6 Å². The van der Waals surface area contributed by atoms with Gasteiger partial charge in [-0.05, 0) is 43.3 Å². The Labute approximate surface area is 159 Å². The highest BCUT2D eigenvalue weighted by molar-refractivity contribution is 6.35. The molecule has 0 heterocycles. The largest absolute Gasteiger partial charge is 0.479 e. The van der Waals surface area contributed by atoms with Crippen molar-refractivity contribution >= 4 is 46.6 Å². The molecule has 9 heteroatoms. The molecule has 26 heavy (non-hydrogen) atoms. The zero-order valence-corrected chi connectivity index (χ0v) is 15.1. The summed E-state index contributed by atoms with van der Waals surface area (Å²) in [5.41, 5.74) is 10.7. The number of hydrogen-bond acceptors (Lipinski definition) is 4. The van der Waals surface area contributed by atoms with Crippen molar-refractivity contribution in [2.24, 2.45) is 11.5 Å². The second-order valence-electron chi connectivity index (χ2n) is 5.35. The summed E-state index contributed by atoms with van der Waals surface area (Å²) in [6.45, 7) is 1.51. The van der Waals surface area contributed by atoms with Gasteiger partial charge in [0.1, 0.15) is 5.75 Å². The molecule has 0 bridgehead atoms. The van der Waals surface area contributed by atoms with E-state index in [2.05, 4.69) is 5.32 Å². The highest BCUT2D eigenvalue weighted by Crippen LogP contribution is 2.28. The van der Waals surface area contributed by atoms with Crippen molar-refractivity contribution in [3.63, 3.8) is 0 Å². The second-order valence-corrected chi connectivity index (χ2v) is 6.20. The van der Waals surface area contributed by atoms with Crippen LogP contribution in [0, 0.1) is 0 Å². The quantitative estimate of drug-likeness (QED) is 0.694. The Kier molecular flexibility index (Phi) is 6.07. The first-order chi connectivity index (χ1) is 12.2. The number of nitrogens with one attached hydrogen (secondary N) is 1. The van der Waals surface area contributed by atoms with Crippen LogP contribution in [0.1, 0.15) is 27.6 Å². The first kappa shape index (κ1) is 19.6. The minimum Gasteiger partial charge on any atom is -0.479 e. The lowest BCUT2D eigenvalue weighted by Gasteiger charge is -2.16. The van der Waals surface area contributed by atoms with E-state index in [1.165, 1.54) is 37.3 Å². The molecule has 2 aromatic carbocycles. The number of nitrogens with two attached hydrogens (primary N) is 2. The Morgan fingerprint density at radius 3 is 2.08 bits per heavy atom. The predicted octanol–water partition coefficient (Wildman–Crippen LogP) is 2.60. The summed E-state index contributed by atoms with van der Waals surface area (Å²) < 4.78 is 5.50. The highest BCUT2D eigenvalue weighted by atomic mass is 35.5. The van der Waals surface area contributed by atoms with Crippen LogP contribution < -0.4 is 21.5 Å². The van der Waals surface area contributed by atoms with Gasteiger partial charge in [-0.2, -0.15) is 0 Å². The summed E-state index contributed by atoms with van der Waals surface area (Å²) in [6, 6.07) is 8.49. The van der Waals surface area contributed by atoms with Crippen LogP contribution in [0.4, 0.5) is 5.69 Å². The van der Waals surface area contributed by atoms with E-state index in [0.29, 0.717) is 5.02 Å². The molecule has 0 aromatic heterocycles. The van der Waals surface area contributed by atoms with Crippen molar-refractivity contribution in [2.75, 3.05) is 5.32 Å². The summed E-state index contributed by atoms with van der Waals surface area (Å²) in [5, 5.41) is 3.22. The van der Waals surface area contributed by atoms with Gasteiger partial charge < -0.3 is 21.5 Å². The number of ether oxygens (including phenoxy) is 1. The lowest BCUT2D eigenvalue weighted by Crippen LogP contribution is -2.30. The molecular formula is C17H15Cl2N3O4. The Hall–Kier alpha value is -2.77. The molecule has 0 unspecified atom stereocenters. The fraction of sp³-hybridized carbons (Fsp3) is 0.118. The summed E-state index contributed by atoms with van der Waals surface area (Å²) >= 11 is 11.8. The number of rotatable bonds is 6. The Bertz CT molecular complexity index is 854. The zero-order valence-electron chi connectivity index (χ0n) is 13.6. The highest BCUT2D eigenvalue weighted by Gasteiger charge is 2.18. The second kappa shape index (κ2) is 8.07. The molecule has 2 aromatic rings. The normalized spacial score (nSPS) is 11.5. The van der Waals surface area contributed by atoms with Crippen molar-refractivity contribution in [2.45, 2.75) is 13.0 Å². The van der Waals surface area contributed by atoms with Crippen LogP contribution in [-0.4, -0.2) is 23.8 Å². The molecule has 5 N–H and O–H groups in total. The maximum Gasteiger partial charge on any atom is 0.265 e. The van der Waals surface area contributed by atoms with Crippen LogP contribution in [0.2, 0.25) is 10.0 Å². The molecule has 0 radical (unpaired) electrons. The molecule has 0 saturated carbocycles. The van der Waals surface area contributed by atoms with Gasteiger partial charge in [-0.15, -0.1) is 0 Å². The topological polar surface area (TPSA) is 125 Å². The number of halogens is 2. The van der Waals surface area contributed by atoms with Crippen molar-refractivity contribution in [1.29, 1.82) is 0 Å². The van der Waals surface area contributed by atoms with Gasteiger partial charge in [-0.25, -0.2) is 0 Å². The number of carbonyl (C=O) groups is 3. The summed E-state index contributed by atoms with van der Waals surface area (Å²) in [4.78, 5) is 35.0. The number of carbonyl (C=O) groups excluding carboxylic acids is 3. The molecule has 0 aliphatic rings. The van der Waals surface area contributed by atoms with Crippen LogP contribution >= 0.6 is 23.2 Å². The lowest BCUT2D eigenvalue weighted by atomic mass is 10.1. The van der Waals surface area contributed by atoms with E-state index in [4.69, 9.17) is 39.4 Å². The number of primary amides is 2. The average Bonchev–Trinajstić information content (AvgIpc) is 2.56. The van der Waals surface area contributed by atoms with E-state index in [1.807, 2.05) is 0 Å². The molecule has 0 spiro atoms. The van der Waals surface area contributed by atoms with Gasteiger partial charge >= 0.3 is 0 Å². The molecule has 0 aliphatic carbocycles. The SMILES string of the molecule is C[C@H](Oc1ccc(Cl)cc1Cl)C(=O)Nc1cc(C(N)=O)cc(C(N)=O)c1. The molecule has 3 amide bonds. The minimum absolute atomic E-state index is 0.0333. The molecule has 0 aliphatic heterocycles. The summed E-state index contributed by atoms with van der Waals surface area (Å²) in [5.74, 6) is -1.78. The molecule has 1 atom stereocenters. The molecule has 0 saturated heterocycles. The third-order valence-corrected chi connectivity index (χ3v) is 3.87. The monoisotopic (exact) mass is 395 g/mol. The minimum atomic E-state index is -0.928. The average molecular weight is 396 g/mol. The molecule has 7 nitrogen and oxygen atoms in total. The van der Waals surface area contributed by atoms with Crippen LogP contribution in [0.3, 0.4) is 0 Å². The smallest absolute Gasteiger partial charge is 0.265 e. The van der Waals surface area contributed by atoms with Crippen LogP contribution in [0.25, 0.3) is 0 Å². The van der Waals surface area contributed by atoms with E-state index >= 15 is 0 Å². The van der Waals surface area contributed by atoms with E-state index < -0.39 is 23.8 Å². The van der Waals surface area contributed by atoms with Crippen LogP contribution in [-0.2, 0) is 4.79 Å². The molecule has 0 fully saturated rings. The summed E-state index contributed by atoms with van der Waals surface area (Å²) in [6.07, 6.45) is -0.928. The van der Waals surface area contributed by atoms with Gasteiger partial charge in [-0.3, -0.25) is 14.4 Å². The Balaban J connectivity index is 2.17. The maximum absolute atomic E-state index is 12.3. The third kappa shape index (κ3) is 4.87. The first-order valence-corrected chi connectivity index (χ1v) is 8.10. The third-order valence-electron chi connectivity index (χ3n) is 3.34. The zero-order chi connectivity index (χ0) is 19.4. The van der Waals surface area contributed by atoms with Crippen molar-refractivity contribution < 1.29 is 19.1 Å². The van der Waals surface area contributed by atoms with Crippen molar-refractivity contribution in [3.8, 4) is 5.75 Å². The molecular weight excluding hydrogens is 381 g/mol. The van der Waals surface area contributed by atoms with Crippen molar-refractivity contribution in [1.82, 2.24) is 0 Å². The molecule has 2 rings (SSSR count). The van der Waals surface area contributed by atoms with Gasteiger partial charge in [0.25, 0.3) is 5.91 Å². The standard InChI is InChI=1S/C17H15Cl2N3O4/c1-8(26-14-3-2-11(18)7-13(14)19)17(25)22-12-5-9(15(20)23)4-10(6-12)16(21)24/h2-8H,1H3,(H2,20,23)(H2,21,24)(H,22,25)/t8-/m0/s1. The van der Waals surface area contributed by atoms with Gasteiger partial charge in [0.15, 0.2) is 6.10 Å².